The van der Waals surface area contributed by atoms with Gasteiger partial charge in [0.1, 0.15) is 6.61 Å². The fourth-order valence-corrected chi connectivity index (χ4v) is 5.38. The molecule has 154 valence electrons. The lowest BCUT2D eigenvalue weighted by molar-refractivity contribution is 0.0471. The molecule has 30 heavy (non-hydrogen) atoms. The Labute approximate surface area is 177 Å². The molecule has 3 aromatic rings. The molecule has 4 nitrogen and oxygen atoms in total. The molecule has 0 aromatic heterocycles. The summed E-state index contributed by atoms with van der Waals surface area (Å²) in [6.07, 6.45) is 1.76. The molecule has 0 N–H and O–H groups in total. The Morgan fingerprint density at radius 3 is 2.57 bits per heavy atom. The van der Waals surface area contributed by atoms with Crippen LogP contribution in [0.4, 0.5) is 4.79 Å². The first-order valence-corrected chi connectivity index (χ1v) is 10.6. The van der Waals surface area contributed by atoms with E-state index in [2.05, 4.69) is 42.5 Å². The zero-order chi connectivity index (χ0) is 20.6. The van der Waals surface area contributed by atoms with Crippen LogP contribution in [-0.4, -0.2) is 37.8 Å². The van der Waals surface area contributed by atoms with Crippen molar-refractivity contribution in [3.63, 3.8) is 0 Å². The van der Waals surface area contributed by atoms with Crippen molar-refractivity contribution in [1.82, 2.24) is 4.90 Å². The number of likely N-dealkylation sites (tertiary alicyclic amines) is 1. The fraction of sp³-hybridized carbons (Fsp3) is 0.346. The molecule has 3 aromatic carbocycles. The van der Waals surface area contributed by atoms with Gasteiger partial charge in [-0.3, -0.25) is 0 Å². The number of nitrogens with zero attached hydrogens (tertiary/aromatic N) is 1. The van der Waals surface area contributed by atoms with Crippen LogP contribution in [0.5, 0.6) is 0 Å². The van der Waals surface area contributed by atoms with Crippen LogP contribution in [0.25, 0.3) is 10.8 Å². The summed E-state index contributed by atoms with van der Waals surface area (Å²) < 4.78 is 11.2. The topological polar surface area (TPSA) is 38.8 Å². The molecule has 5 rings (SSSR count). The average molecular weight is 402 g/mol. The van der Waals surface area contributed by atoms with E-state index in [1.807, 2.05) is 35.2 Å². The summed E-state index contributed by atoms with van der Waals surface area (Å²) in [6, 6.07) is 25.1. The summed E-state index contributed by atoms with van der Waals surface area (Å²) in [6.45, 7) is 2.36. The second-order valence-electron chi connectivity index (χ2n) is 8.75. The quantitative estimate of drug-likeness (QED) is 0.593. The molecule has 1 aliphatic carbocycles. The molecule has 2 aliphatic rings. The average Bonchev–Trinajstić information content (AvgIpc) is 3.47. The SMILES string of the molecule is COCC12CN(C(=O)OCc3ccccc3)CC[C@]1(c1ccc3ccccc3c1)C2. The third kappa shape index (κ3) is 3.16. The Balaban J connectivity index is 1.34. The minimum Gasteiger partial charge on any atom is -0.445 e. The monoisotopic (exact) mass is 401 g/mol. The van der Waals surface area contributed by atoms with Gasteiger partial charge in [0.25, 0.3) is 0 Å². The van der Waals surface area contributed by atoms with Crippen LogP contribution in [0.3, 0.4) is 0 Å². The minimum atomic E-state index is -0.228. The van der Waals surface area contributed by atoms with Gasteiger partial charge in [-0.1, -0.05) is 72.8 Å². The molecule has 0 bridgehead atoms. The van der Waals surface area contributed by atoms with Crippen molar-refractivity contribution in [1.29, 1.82) is 0 Å². The third-order valence-corrected chi connectivity index (χ3v) is 7.02. The highest BCUT2D eigenvalue weighted by atomic mass is 16.6. The van der Waals surface area contributed by atoms with E-state index in [0.717, 1.165) is 18.4 Å². The van der Waals surface area contributed by atoms with Crippen LogP contribution < -0.4 is 0 Å². The number of carbonyl (C=O) groups is 1. The standard InChI is InChI=1S/C26H27NO3/c1-29-19-25-17-26(25,23-12-11-21-9-5-6-10-22(21)15-23)13-14-27(18-25)24(28)30-16-20-7-3-2-4-8-20/h2-12,15H,13-14,16-19H2,1H3/t25?,26-/m1/s1. The van der Waals surface area contributed by atoms with Crippen molar-refractivity contribution in [2.45, 2.75) is 24.9 Å². The molecular weight excluding hydrogens is 374 g/mol. The van der Waals surface area contributed by atoms with Crippen LogP contribution in [-0.2, 0) is 21.5 Å². The lowest BCUT2D eigenvalue weighted by atomic mass is 9.80. The van der Waals surface area contributed by atoms with E-state index in [0.29, 0.717) is 26.3 Å². The van der Waals surface area contributed by atoms with Gasteiger partial charge in [0.05, 0.1) is 6.61 Å². The number of methoxy groups -OCH3 is 1. The maximum absolute atomic E-state index is 12.8. The lowest BCUT2D eigenvalue weighted by Crippen LogP contribution is -2.46. The number of rotatable bonds is 5. The van der Waals surface area contributed by atoms with Crippen molar-refractivity contribution in [3.8, 4) is 0 Å². The summed E-state index contributed by atoms with van der Waals surface area (Å²) >= 11 is 0. The number of piperidine rings is 1. The van der Waals surface area contributed by atoms with Crippen LogP contribution >= 0.6 is 0 Å². The van der Waals surface area contributed by atoms with Crippen LogP contribution in [0.15, 0.2) is 72.8 Å². The van der Waals surface area contributed by atoms with Crippen molar-refractivity contribution in [3.05, 3.63) is 83.9 Å². The van der Waals surface area contributed by atoms with Crippen LogP contribution in [0.2, 0.25) is 0 Å². The van der Waals surface area contributed by atoms with Crippen molar-refractivity contribution in [2.75, 3.05) is 26.8 Å². The Hall–Kier alpha value is -2.85. The van der Waals surface area contributed by atoms with E-state index >= 15 is 0 Å². The summed E-state index contributed by atoms with van der Waals surface area (Å²) in [5.74, 6) is 0. The number of ether oxygens (including phenoxy) is 2. The van der Waals surface area contributed by atoms with Gasteiger partial charge in [0.15, 0.2) is 0 Å². The summed E-state index contributed by atoms with van der Waals surface area (Å²) in [5, 5.41) is 2.53. The van der Waals surface area contributed by atoms with Gasteiger partial charge >= 0.3 is 6.09 Å². The summed E-state index contributed by atoms with van der Waals surface area (Å²) in [4.78, 5) is 14.6. The van der Waals surface area contributed by atoms with Gasteiger partial charge in [0, 0.05) is 31.0 Å². The Morgan fingerprint density at radius 2 is 1.77 bits per heavy atom. The summed E-state index contributed by atoms with van der Waals surface area (Å²) in [7, 11) is 1.75. The third-order valence-electron chi connectivity index (χ3n) is 7.02. The zero-order valence-electron chi connectivity index (χ0n) is 17.3. The second-order valence-corrected chi connectivity index (χ2v) is 8.75. The van der Waals surface area contributed by atoms with Crippen molar-refractivity contribution >= 4 is 16.9 Å². The highest BCUT2D eigenvalue weighted by Gasteiger charge is 2.70. The normalized spacial score (nSPS) is 25.0. The number of benzene rings is 3. The molecule has 1 saturated heterocycles. The Kier molecular flexibility index (Phi) is 4.75. The Bertz CT molecular complexity index is 1070. The molecule has 0 spiro atoms. The number of hydrogen-bond donors (Lipinski definition) is 0. The zero-order valence-corrected chi connectivity index (χ0v) is 17.3. The van der Waals surface area contributed by atoms with Gasteiger partial charge in [0.2, 0.25) is 0 Å². The predicted octanol–water partition coefficient (Wildman–Crippen LogP) is 5.16. The highest BCUT2D eigenvalue weighted by Crippen LogP contribution is 2.69. The number of amides is 1. The maximum atomic E-state index is 12.8. The largest absolute Gasteiger partial charge is 0.445 e. The second kappa shape index (κ2) is 7.44. The molecular formula is C26H27NO3. The molecule has 1 amide bonds. The molecule has 1 heterocycles. The van der Waals surface area contributed by atoms with Crippen molar-refractivity contribution < 1.29 is 14.3 Å². The minimum absolute atomic E-state index is 0.0335. The maximum Gasteiger partial charge on any atom is 0.410 e. The number of fused-ring (bicyclic) bond motifs is 2. The van der Waals surface area contributed by atoms with Gasteiger partial charge < -0.3 is 14.4 Å². The first-order valence-electron chi connectivity index (χ1n) is 10.6. The van der Waals surface area contributed by atoms with Crippen LogP contribution in [0.1, 0.15) is 24.0 Å². The Morgan fingerprint density at radius 1 is 1.00 bits per heavy atom. The fourth-order valence-electron chi connectivity index (χ4n) is 5.38. The van der Waals surface area contributed by atoms with Crippen molar-refractivity contribution in [2.24, 2.45) is 5.41 Å². The van der Waals surface area contributed by atoms with E-state index < -0.39 is 0 Å². The van der Waals surface area contributed by atoms with E-state index in [9.17, 15) is 4.79 Å². The smallest absolute Gasteiger partial charge is 0.410 e. The van der Waals surface area contributed by atoms with E-state index in [4.69, 9.17) is 9.47 Å². The van der Waals surface area contributed by atoms with Gasteiger partial charge in [-0.05, 0) is 34.7 Å². The first-order chi connectivity index (χ1) is 14.7. The van der Waals surface area contributed by atoms with E-state index in [-0.39, 0.29) is 16.9 Å². The molecule has 1 saturated carbocycles. The molecule has 1 aliphatic heterocycles. The predicted molar refractivity (Wildman–Crippen MR) is 117 cm³/mol. The molecule has 0 radical (unpaired) electrons. The van der Waals surface area contributed by atoms with E-state index in [1.165, 1.54) is 16.3 Å². The van der Waals surface area contributed by atoms with Gasteiger partial charge in [-0.25, -0.2) is 4.79 Å². The molecule has 2 atom stereocenters. The number of carbonyl (C=O) groups excluding carboxylic acids is 1. The number of hydrogen-bond acceptors (Lipinski definition) is 3. The highest BCUT2D eigenvalue weighted by molar-refractivity contribution is 5.83. The molecule has 1 unspecified atom stereocenters. The molecule has 2 fully saturated rings. The summed E-state index contributed by atoms with van der Waals surface area (Å²) in [5.41, 5.74) is 2.43. The van der Waals surface area contributed by atoms with Gasteiger partial charge in [-0.2, -0.15) is 0 Å². The lowest BCUT2D eigenvalue weighted by Gasteiger charge is -2.37. The molecule has 4 heteroatoms. The van der Waals surface area contributed by atoms with Crippen LogP contribution in [0, 0.1) is 5.41 Å². The first kappa shape index (κ1) is 19.1. The van der Waals surface area contributed by atoms with E-state index in [1.54, 1.807) is 7.11 Å². The van der Waals surface area contributed by atoms with Gasteiger partial charge in [-0.15, -0.1) is 0 Å².